The normalized spacial score (nSPS) is 10.7. The van der Waals surface area contributed by atoms with Crippen molar-refractivity contribution in [2.75, 3.05) is 26.1 Å². The number of nitrogens with zero attached hydrogens (tertiary/aromatic N) is 4. The van der Waals surface area contributed by atoms with Crippen molar-refractivity contribution in [3.63, 3.8) is 0 Å². The molecule has 0 N–H and O–H groups in total. The fourth-order valence-corrected chi connectivity index (χ4v) is 2.53. The highest BCUT2D eigenvalue weighted by Gasteiger charge is 2.10. The molecule has 0 radical (unpaired) electrons. The lowest BCUT2D eigenvalue weighted by Crippen LogP contribution is -2.11. The van der Waals surface area contributed by atoms with E-state index in [2.05, 4.69) is 34.0 Å². The van der Waals surface area contributed by atoms with Crippen molar-refractivity contribution in [1.82, 2.24) is 15.0 Å². The molecule has 0 unspecified atom stereocenters. The number of anilines is 1. The van der Waals surface area contributed by atoms with Crippen molar-refractivity contribution in [2.45, 2.75) is 6.92 Å². The zero-order valence-corrected chi connectivity index (χ0v) is 13.2. The molecule has 2 aromatic heterocycles. The predicted octanol–water partition coefficient (Wildman–Crippen LogP) is 3.07. The lowest BCUT2D eigenvalue weighted by Gasteiger charge is -2.15. The van der Waals surface area contributed by atoms with Crippen molar-refractivity contribution < 1.29 is 4.74 Å². The summed E-state index contributed by atoms with van der Waals surface area (Å²) in [6.45, 7) is 2.06. The van der Waals surface area contributed by atoms with E-state index in [-0.39, 0.29) is 0 Å². The standard InChI is InChI=1S/C17H18N4O/c1-11-7-13(12-5-6-15(22-4)18-9-12)8-14-16(11)19-10-20-17(14)21(2)3/h5-10H,1-4H3. The highest BCUT2D eigenvalue weighted by atomic mass is 16.5. The topological polar surface area (TPSA) is 51.1 Å². The summed E-state index contributed by atoms with van der Waals surface area (Å²) in [5, 5.41) is 1.04. The second-order valence-electron chi connectivity index (χ2n) is 5.37. The lowest BCUT2D eigenvalue weighted by atomic mass is 10.0. The number of aryl methyl sites for hydroxylation is 1. The summed E-state index contributed by atoms with van der Waals surface area (Å²) in [4.78, 5) is 15.1. The van der Waals surface area contributed by atoms with Gasteiger partial charge in [-0.25, -0.2) is 15.0 Å². The second-order valence-corrected chi connectivity index (χ2v) is 5.37. The molecular weight excluding hydrogens is 276 g/mol. The number of pyridine rings is 1. The van der Waals surface area contributed by atoms with E-state index >= 15 is 0 Å². The molecule has 0 atom stereocenters. The van der Waals surface area contributed by atoms with Crippen LogP contribution in [0.3, 0.4) is 0 Å². The maximum atomic E-state index is 5.11. The molecule has 5 nitrogen and oxygen atoms in total. The molecule has 0 saturated heterocycles. The molecule has 2 heterocycles. The SMILES string of the molecule is COc1ccc(-c2cc(C)c3ncnc(N(C)C)c3c2)cn1. The molecule has 0 amide bonds. The minimum Gasteiger partial charge on any atom is -0.481 e. The van der Waals surface area contributed by atoms with Crippen LogP contribution < -0.4 is 9.64 Å². The molecule has 0 bridgehead atoms. The summed E-state index contributed by atoms with van der Waals surface area (Å²) in [5.41, 5.74) is 4.23. The highest BCUT2D eigenvalue weighted by molar-refractivity contribution is 5.94. The third-order valence-electron chi connectivity index (χ3n) is 3.61. The van der Waals surface area contributed by atoms with Crippen LogP contribution in [0.2, 0.25) is 0 Å². The maximum Gasteiger partial charge on any atom is 0.212 e. The fraction of sp³-hybridized carbons (Fsp3) is 0.235. The third-order valence-corrected chi connectivity index (χ3v) is 3.61. The number of ether oxygens (including phenoxy) is 1. The van der Waals surface area contributed by atoms with E-state index in [4.69, 9.17) is 4.74 Å². The average molecular weight is 294 g/mol. The molecule has 0 spiro atoms. The van der Waals surface area contributed by atoms with Crippen LogP contribution in [0.25, 0.3) is 22.0 Å². The molecule has 0 aliphatic carbocycles. The van der Waals surface area contributed by atoms with Gasteiger partial charge in [0.1, 0.15) is 12.1 Å². The maximum absolute atomic E-state index is 5.11. The van der Waals surface area contributed by atoms with E-state index < -0.39 is 0 Å². The Labute approximate surface area is 129 Å². The summed E-state index contributed by atoms with van der Waals surface area (Å²) < 4.78 is 5.11. The Morgan fingerprint density at radius 1 is 1.00 bits per heavy atom. The van der Waals surface area contributed by atoms with E-state index in [1.165, 1.54) is 0 Å². The first kappa shape index (κ1) is 14.3. The summed E-state index contributed by atoms with van der Waals surface area (Å²) in [5.74, 6) is 1.52. The minimum atomic E-state index is 0.610. The van der Waals surface area contributed by atoms with Crippen LogP contribution in [-0.4, -0.2) is 36.2 Å². The van der Waals surface area contributed by atoms with Crippen LogP contribution >= 0.6 is 0 Å². The number of hydrogen-bond donors (Lipinski definition) is 0. The average Bonchev–Trinajstić information content (AvgIpc) is 2.54. The first-order chi connectivity index (χ1) is 10.6. The zero-order chi connectivity index (χ0) is 15.7. The molecule has 1 aromatic carbocycles. The Hall–Kier alpha value is -2.69. The van der Waals surface area contributed by atoms with Crippen molar-refractivity contribution in [3.8, 4) is 17.0 Å². The van der Waals surface area contributed by atoms with E-state index in [1.807, 2.05) is 37.3 Å². The van der Waals surface area contributed by atoms with E-state index in [0.717, 1.165) is 33.4 Å². The Balaban J connectivity index is 2.20. The van der Waals surface area contributed by atoms with E-state index in [9.17, 15) is 0 Å². The minimum absolute atomic E-state index is 0.610. The molecule has 3 aromatic rings. The van der Waals surface area contributed by atoms with Gasteiger partial charge in [0.2, 0.25) is 5.88 Å². The van der Waals surface area contributed by atoms with Gasteiger partial charge in [0.15, 0.2) is 0 Å². The molecule has 5 heteroatoms. The van der Waals surface area contributed by atoms with Gasteiger partial charge in [0.25, 0.3) is 0 Å². The molecule has 112 valence electrons. The van der Waals surface area contributed by atoms with Gasteiger partial charge in [-0.2, -0.15) is 0 Å². The van der Waals surface area contributed by atoms with Gasteiger partial charge in [-0.1, -0.05) is 0 Å². The van der Waals surface area contributed by atoms with Gasteiger partial charge in [0.05, 0.1) is 12.6 Å². The Morgan fingerprint density at radius 3 is 2.45 bits per heavy atom. The summed E-state index contributed by atoms with van der Waals surface area (Å²) in [6, 6.07) is 8.11. The third kappa shape index (κ3) is 2.45. The molecule has 0 aliphatic rings. The van der Waals surface area contributed by atoms with E-state index in [0.29, 0.717) is 5.88 Å². The number of rotatable bonds is 3. The number of aromatic nitrogens is 3. The molecule has 3 rings (SSSR count). The number of methoxy groups -OCH3 is 1. The molecule has 0 saturated carbocycles. The van der Waals surface area contributed by atoms with Crippen LogP contribution in [0.15, 0.2) is 36.8 Å². The molecule has 0 fully saturated rings. The summed E-state index contributed by atoms with van der Waals surface area (Å²) in [7, 11) is 5.58. The Morgan fingerprint density at radius 2 is 1.82 bits per heavy atom. The quantitative estimate of drug-likeness (QED) is 0.743. The van der Waals surface area contributed by atoms with Gasteiger partial charge in [-0.05, 0) is 36.2 Å². The summed E-state index contributed by atoms with van der Waals surface area (Å²) >= 11 is 0. The van der Waals surface area contributed by atoms with Gasteiger partial charge >= 0.3 is 0 Å². The van der Waals surface area contributed by atoms with Crippen molar-refractivity contribution in [1.29, 1.82) is 0 Å². The highest BCUT2D eigenvalue weighted by Crippen LogP contribution is 2.30. The first-order valence-corrected chi connectivity index (χ1v) is 7.03. The molecule has 0 aliphatic heterocycles. The van der Waals surface area contributed by atoms with Gasteiger partial charge < -0.3 is 9.64 Å². The van der Waals surface area contributed by atoms with Crippen LogP contribution in [0.1, 0.15) is 5.56 Å². The van der Waals surface area contributed by atoms with Crippen LogP contribution in [0, 0.1) is 6.92 Å². The second kappa shape index (κ2) is 5.60. The fourth-order valence-electron chi connectivity index (χ4n) is 2.53. The van der Waals surface area contributed by atoms with Gasteiger partial charge in [-0.3, -0.25) is 0 Å². The van der Waals surface area contributed by atoms with Gasteiger partial charge in [0, 0.05) is 37.3 Å². The van der Waals surface area contributed by atoms with E-state index in [1.54, 1.807) is 13.4 Å². The monoisotopic (exact) mass is 294 g/mol. The number of benzene rings is 1. The van der Waals surface area contributed by atoms with Crippen molar-refractivity contribution in [2.24, 2.45) is 0 Å². The van der Waals surface area contributed by atoms with Crippen LogP contribution in [0.5, 0.6) is 5.88 Å². The Kier molecular flexibility index (Phi) is 3.63. The smallest absolute Gasteiger partial charge is 0.212 e. The van der Waals surface area contributed by atoms with Crippen molar-refractivity contribution in [3.05, 3.63) is 42.4 Å². The number of hydrogen-bond acceptors (Lipinski definition) is 5. The van der Waals surface area contributed by atoms with Gasteiger partial charge in [-0.15, -0.1) is 0 Å². The molecule has 22 heavy (non-hydrogen) atoms. The molecular formula is C17H18N4O. The first-order valence-electron chi connectivity index (χ1n) is 7.03. The summed E-state index contributed by atoms with van der Waals surface area (Å²) in [6.07, 6.45) is 3.43. The van der Waals surface area contributed by atoms with Crippen LogP contribution in [-0.2, 0) is 0 Å². The zero-order valence-electron chi connectivity index (χ0n) is 13.2. The van der Waals surface area contributed by atoms with Crippen molar-refractivity contribution >= 4 is 16.7 Å². The lowest BCUT2D eigenvalue weighted by molar-refractivity contribution is 0.398. The Bertz CT molecular complexity index is 813. The predicted molar refractivity (Wildman–Crippen MR) is 88.4 cm³/mol. The van der Waals surface area contributed by atoms with Crippen LogP contribution in [0.4, 0.5) is 5.82 Å². The number of fused-ring (bicyclic) bond motifs is 1. The largest absolute Gasteiger partial charge is 0.481 e.